The summed E-state index contributed by atoms with van der Waals surface area (Å²) in [5, 5.41) is 9.82. The van der Waals surface area contributed by atoms with Crippen molar-refractivity contribution in [3.05, 3.63) is 37.4 Å². The largest absolute Gasteiger partial charge is 0.356 e. The van der Waals surface area contributed by atoms with Gasteiger partial charge in [0.05, 0.1) is 15.0 Å². The molecule has 0 aliphatic rings. The fraction of sp³-hybridized carbons (Fsp3) is 0.429. The maximum atomic E-state index is 5.91. The fourth-order valence-electron chi connectivity index (χ4n) is 1.84. The molecule has 4 nitrogen and oxygen atoms in total. The summed E-state index contributed by atoms with van der Waals surface area (Å²) in [6, 6.07) is 4.00. The van der Waals surface area contributed by atoms with E-state index >= 15 is 0 Å². The molecule has 0 unspecified atom stereocenters. The molecule has 2 aromatic heterocycles. The molecule has 0 amide bonds. The highest BCUT2D eigenvalue weighted by Crippen LogP contribution is 2.21. The van der Waals surface area contributed by atoms with Gasteiger partial charge in [0.1, 0.15) is 0 Å². The van der Waals surface area contributed by atoms with Crippen LogP contribution in [0, 0.1) is 6.92 Å². The van der Waals surface area contributed by atoms with Crippen LogP contribution in [0.1, 0.15) is 15.6 Å². The third-order valence-electron chi connectivity index (χ3n) is 2.86. The molecule has 0 radical (unpaired) electrons. The number of hydrogen-bond acceptors (Lipinski definition) is 4. The van der Waals surface area contributed by atoms with Crippen molar-refractivity contribution in [1.82, 2.24) is 15.6 Å². The Balaban J connectivity index is 1.66. The van der Waals surface area contributed by atoms with Crippen molar-refractivity contribution in [1.29, 1.82) is 0 Å². The van der Waals surface area contributed by atoms with Gasteiger partial charge < -0.3 is 10.6 Å². The number of guanidine groups is 1. The summed E-state index contributed by atoms with van der Waals surface area (Å²) in [6.45, 7) is 3.69. The van der Waals surface area contributed by atoms with Crippen LogP contribution in [-0.4, -0.2) is 31.1 Å². The summed E-state index contributed by atoms with van der Waals surface area (Å²) >= 11 is 9.23. The summed E-state index contributed by atoms with van der Waals surface area (Å²) in [4.78, 5) is 9.94. The summed E-state index contributed by atoms with van der Waals surface area (Å²) in [5.74, 6) is 0.824. The quantitative estimate of drug-likeness (QED) is 0.626. The van der Waals surface area contributed by atoms with Crippen molar-refractivity contribution >= 4 is 40.2 Å². The van der Waals surface area contributed by atoms with Gasteiger partial charge in [0.15, 0.2) is 5.96 Å². The van der Waals surface area contributed by atoms with Gasteiger partial charge in [-0.3, -0.25) is 4.99 Å². The van der Waals surface area contributed by atoms with Crippen molar-refractivity contribution in [2.24, 2.45) is 4.99 Å². The van der Waals surface area contributed by atoms with Crippen molar-refractivity contribution < 1.29 is 0 Å². The molecule has 0 aliphatic carbocycles. The maximum absolute atomic E-state index is 5.91. The Morgan fingerprint density at radius 3 is 2.62 bits per heavy atom. The molecule has 0 atom stereocenters. The van der Waals surface area contributed by atoms with Crippen molar-refractivity contribution in [3.8, 4) is 0 Å². The Bertz CT molecular complexity index is 543. The topological polar surface area (TPSA) is 49.3 Å². The molecule has 2 aromatic rings. The normalized spacial score (nSPS) is 11.7. The first-order valence-electron chi connectivity index (χ1n) is 6.77. The minimum atomic E-state index is 0.824. The van der Waals surface area contributed by atoms with E-state index in [-0.39, 0.29) is 0 Å². The van der Waals surface area contributed by atoms with Crippen LogP contribution in [0.5, 0.6) is 0 Å². The Kier molecular flexibility index (Phi) is 6.48. The summed E-state index contributed by atoms with van der Waals surface area (Å²) in [6.07, 6.45) is 1.86. The predicted octanol–water partition coefficient (Wildman–Crippen LogP) is 3.12. The third kappa shape index (κ3) is 5.65. The van der Waals surface area contributed by atoms with E-state index in [0.717, 1.165) is 46.9 Å². The Morgan fingerprint density at radius 2 is 2.05 bits per heavy atom. The minimum Gasteiger partial charge on any atom is -0.356 e. The molecule has 114 valence electrons. The van der Waals surface area contributed by atoms with Crippen LogP contribution in [0.4, 0.5) is 0 Å². The van der Waals surface area contributed by atoms with Crippen molar-refractivity contribution in [3.63, 3.8) is 0 Å². The van der Waals surface area contributed by atoms with Gasteiger partial charge in [-0.05, 0) is 25.5 Å². The minimum absolute atomic E-state index is 0.824. The molecule has 7 heteroatoms. The van der Waals surface area contributed by atoms with E-state index in [1.807, 2.05) is 13.0 Å². The summed E-state index contributed by atoms with van der Waals surface area (Å²) < 4.78 is 0.839. The second kappa shape index (κ2) is 8.36. The zero-order valence-corrected chi connectivity index (χ0v) is 14.5. The van der Waals surface area contributed by atoms with E-state index in [9.17, 15) is 0 Å². The number of nitrogens with one attached hydrogen (secondary N) is 2. The lowest BCUT2D eigenvalue weighted by Gasteiger charge is -2.10. The van der Waals surface area contributed by atoms with Crippen LogP contribution in [0.2, 0.25) is 4.34 Å². The number of thiazole rings is 1. The van der Waals surface area contributed by atoms with E-state index in [2.05, 4.69) is 32.1 Å². The second-order valence-corrected chi connectivity index (χ2v) is 7.35. The van der Waals surface area contributed by atoms with Gasteiger partial charge in [0.2, 0.25) is 0 Å². The van der Waals surface area contributed by atoms with Gasteiger partial charge in [-0.1, -0.05) is 11.6 Å². The average molecular weight is 343 g/mol. The molecule has 0 bridgehead atoms. The number of aliphatic imine (C=N–C) groups is 1. The number of hydrogen-bond donors (Lipinski definition) is 2. The van der Waals surface area contributed by atoms with E-state index in [1.54, 1.807) is 29.7 Å². The molecule has 0 saturated heterocycles. The SMILES string of the molecule is CN=C(NCCc1csc(C)n1)NCCc1ccc(Cl)s1. The first kappa shape index (κ1) is 16.3. The van der Waals surface area contributed by atoms with Crippen LogP contribution in [0.25, 0.3) is 0 Å². The van der Waals surface area contributed by atoms with Crippen LogP contribution >= 0.6 is 34.3 Å². The standard InChI is InChI=1S/C14H19ClN4S2/c1-10-19-11(9-20-10)5-7-17-14(16-2)18-8-6-12-3-4-13(15)21-12/h3-4,9H,5-8H2,1-2H3,(H2,16,17,18). The van der Waals surface area contributed by atoms with Gasteiger partial charge in [0.25, 0.3) is 0 Å². The number of rotatable bonds is 6. The zero-order valence-electron chi connectivity index (χ0n) is 12.1. The lowest BCUT2D eigenvalue weighted by Crippen LogP contribution is -2.39. The third-order valence-corrected chi connectivity index (χ3v) is 4.97. The summed E-state index contributed by atoms with van der Waals surface area (Å²) in [5.41, 5.74) is 1.13. The molecule has 0 aromatic carbocycles. The van der Waals surface area contributed by atoms with Gasteiger partial charge in [0, 0.05) is 36.8 Å². The van der Waals surface area contributed by atoms with E-state index in [0.29, 0.717) is 0 Å². The first-order chi connectivity index (χ1) is 10.2. The highest BCUT2D eigenvalue weighted by atomic mass is 35.5. The molecular weight excluding hydrogens is 324 g/mol. The van der Waals surface area contributed by atoms with Crippen LogP contribution in [0.15, 0.2) is 22.5 Å². The zero-order chi connectivity index (χ0) is 15.1. The van der Waals surface area contributed by atoms with Gasteiger partial charge in [-0.15, -0.1) is 22.7 Å². The number of halogens is 1. The Hall–Kier alpha value is -1.11. The van der Waals surface area contributed by atoms with Gasteiger partial charge >= 0.3 is 0 Å². The molecular formula is C14H19ClN4S2. The second-order valence-electron chi connectivity index (χ2n) is 4.49. The molecule has 0 fully saturated rings. The number of nitrogens with zero attached hydrogens (tertiary/aromatic N) is 2. The lowest BCUT2D eigenvalue weighted by atomic mass is 10.3. The van der Waals surface area contributed by atoms with Crippen LogP contribution < -0.4 is 10.6 Å². The molecule has 0 saturated carbocycles. The molecule has 2 N–H and O–H groups in total. The van der Waals surface area contributed by atoms with Gasteiger partial charge in [-0.2, -0.15) is 0 Å². The summed E-state index contributed by atoms with van der Waals surface area (Å²) in [7, 11) is 1.78. The molecule has 2 rings (SSSR count). The highest BCUT2D eigenvalue weighted by Gasteiger charge is 2.02. The number of aromatic nitrogens is 1. The maximum Gasteiger partial charge on any atom is 0.191 e. The molecule has 2 heterocycles. The van der Waals surface area contributed by atoms with Crippen LogP contribution in [0.3, 0.4) is 0 Å². The van der Waals surface area contributed by atoms with E-state index < -0.39 is 0 Å². The molecule has 0 spiro atoms. The van der Waals surface area contributed by atoms with E-state index in [4.69, 9.17) is 11.6 Å². The first-order valence-corrected chi connectivity index (χ1v) is 8.84. The molecule has 0 aliphatic heterocycles. The van der Waals surface area contributed by atoms with Crippen LogP contribution in [-0.2, 0) is 12.8 Å². The monoisotopic (exact) mass is 342 g/mol. The predicted molar refractivity (Wildman–Crippen MR) is 93.0 cm³/mol. The van der Waals surface area contributed by atoms with Gasteiger partial charge in [-0.25, -0.2) is 4.98 Å². The smallest absolute Gasteiger partial charge is 0.191 e. The Labute approximate surface area is 138 Å². The van der Waals surface area contributed by atoms with Crippen molar-refractivity contribution in [2.75, 3.05) is 20.1 Å². The Morgan fingerprint density at radius 1 is 1.29 bits per heavy atom. The van der Waals surface area contributed by atoms with Crippen molar-refractivity contribution in [2.45, 2.75) is 19.8 Å². The fourth-order valence-corrected chi connectivity index (χ4v) is 3.58. The number of aryl methyl sites for hydroxylation is 1. The lowest BCUT2D eigenvalue weighted by molar-refractivity contribution is 0.780. The molecule has 21 heavy (non-hydrogen) atoms. The average Bonchev–Trinajstić information content (AvgIpc) is 3.06. The number of thiophene rings is 1. The highest BCUT2D eigenvalue weighted by molar-refractivity contribution is 7.16. The van der Waals surface area contributed by atoms with E-state index in [1.165, 1.54) is 4.88 Å².